The minimum atomic E-state index is 0. The first-order valence-corrected chi connectivity index (χ1v) is 8.19. The third-order valence-electron chi connectivity index (χ3n) is 3.92. The molecule has 5 nitrogen and oxygen atoms in total. The van der Waals surface area contributed by atoms with E-state index in [0.29, 0.717) is 0 Å². The molecule has 0 spiro atoms. The molecule has 0 aromatic carbocycles. The largest absolute Gasteiger partial charge is 0.400 e. The quantitative estimate of drug-likeness (QED) is 0.620. The van der Waals surface area contributed by atoms with Crippen molar-refractivity contribution in [1.29, 1.82) is 0 Å². The second-order valence-electron chi connectivity index (χ2n) is 5.76. The smallest absolute Gasteiger partial charge is 0.0659 e. The van der Waals surface area contributed by atoms with E-state index in [2.05, 4.69) is 20.0 Å². The van der Waals surface area contributed by atoms with Crippen LogP contribution in [0.4, 0.5) is 0 Å². The van der Waals surface area contributed by atoms with Gasteiger partial charge in [0.05, 0.1) is 45.6 Å². The van der Waals surface area contributed by atoms with Gasteiger partial charge in [-0.25, -0.2) is 20.0 Å². The second kappa shape index (κ2) is 8.18. The summed E-state index contributed by atoms with van der Waals surface area (Å²) in [6.07, 6.45) is 23.8. The summed E-state index contributed by atoms with van der Waals surface area (Å²) in [6.45, 7) is 0. The third kappa shape index (κ3) is 4.26. The number of hydrogen-bond donors (Lipinski definition) is 1. The zero-order valence-corrected chi connectivity index (χ0v) is 15.4. The van der Waals surface area contributed by atoms with Crippen LogP contribution in [0.5, 0.6) is 0 Å². The number of fused-ring (bicyclic) bond motifs is 4. The zero-order chi connectivity index (χ0) is 17.9. The van der Waals surface area contributed by atoms with Gasteiger partial charge < -0.3 is 5.11 Å². The van der Waals surface area contributed by atoms with Crippen molar-refractivity contribution >= 4 is 22.8 Å². The molecule has 1 radical (unpaired) electrons. The Bertz CT molecular complexity index is 854. The van der Waals surface area contributed by atoms with Gasteiger partial charge in [-0.3, -0.25) is 0 Å². The van der Waals surface area contributed by atoms with E-state index < -0.39 is 0 Å². The maximum Gasteiger partial charge on any atom is 0.0659 e. The van der Waals surface area contributed by atoms with Crippen molar-refractivity contribution in [2.75, 3.05) is 7.11 Å². The average Bonchev–Trinajstić information content (AvgIpc) is 3.42. The Kier molecular flexibility index (Phi) is 5.72. The molecule has 5 aliphatic rings. The monoisotopic (exact) mass is 403 g/mol. The van der Waals surface area contributed by atoms with Gasteiger partial charge >= 0.3 is 0 Å². The maximum atomic E-state index is 7.00. The first kappa shape index (κ1) is 18.9. The Morgan fingerprint density at radius 1 is 0.444 bits per heavy atom. The van der Waals surface area contributed by atoms with Gasteiger partial charge in [-0.1, -0.05) is 0 Å². The van der Waals surface area contributed by atoms with Crippen LogP contribution >= 0.6 is 0 Å². The predicted molar refractivity (Wildman–Crippen MR) is 107 cm³/mol. The maximum absolute atomic E-state index is 7.00. The van der Waals surface area contributed by atoms with E-state index in [4.69, 9.17) is 5.11 Å². The topological polar surface area (TPSA) is 69.7 Å². The molecule has 0 atom stereocenters. The van der Waals surface area contributed by atoms with Crippen molar-refractivity contribution in [1.82, 2.24) is 0 Å². The molecule has 6 heteroatoms. The number of hydrogen-bond acceptors (Lipinski definition) is 5. The van der Waals surface area contributed by atoms with Crippen LogP contribution in [0.15, 0.2) is 116 Å². The van der Waals surface area contributed by atoms with Gasteiger partial charge in [-0.15, -0.1) is 0 Å². The van der Waals surface area contributed by atoms with Crippen LogP contribution in [0.25, 0.3) is 0 Å². The van der Waals surface area contributed by atoms with E-state index in [0.717, 1.165) is 52.7 Å². The van der Waals surface area contributed by atoms with Crippen LogP contribution < -0.4 is 0 Å². The summed E-state index contributed by atoms with van der Waals surface area (Å²) in [4.78, 5) is 18.4. The molecule has 0 fully saturated rings. The molecular weight excluding hydrogens is 388 g/mol. The van der Waals surface area contributed by atoms with Crippen LogP contribution in [0.2, 0.25) is 0 Å². The van der Waals surface area contributed by atoms with Crippen molar-refractivity contribution in [3.05, 3.63) is 95.7 Å². The Balaban J connectivity index is 0.000000680. The van der Waals surface area contributed by atoms with E-state index in [-0.39, 0.29) is 17.1 Å². The van der Waals surface area contributed by atoms with Gasteiger partial charge in [-0.05, 0) is 72.9 Å². The van der Waals surface area contributed by atoms with Crippen LogP contribution in [-0.4, -0.2) is 35.1 Å². The summed E-state index contributed by atoms with van der Waals surface area (Å²) in [5, 5.41) is 7.00. The number of aliphatic hydroxyl groups is 1. The summed E-state index contributed by atoms with van der Waals surface area (Å²) in [7, 11) is 1.00. The molecule has 8 bridgehead atoms. The van der Waals surface area contributed by atoms with E-state index in [1.54, 1.807) is 0 Å². The molecule has 137 valence electrons. The molecular formula is C21H16CuN4O. The summed E-state index contributed by atoms with van der Waals surface area (Å²) < 4.78 is 0. The molecule has 5 heterocycles. The fourth-order valence-electron chi connectivity index (χ4n) is 2.83. The average molecular weight is 404 g/mol. The molecule has 0 aliphatic carbocycles. The van der Waals surface area contributed by atoms with Gasteiger partial charge in [0.15, 0.2) is 0 Å². The van der Waals surface area contributed by atoms with Crippen molar-refractivity contribution in [2.45, 2.75) is 0 Å². The Labute approximate surface area is 167 Å². The number of rotatable bonds is 0. The molecule has 5 aliphatic heterocycles. The van der Waals surface area contributed by atoms with Crippen molar-refractivity contribution < 1.29 is 22.2 Å². The molecule has 27 heavy (non-hydrogen) atoms. The van der Waals surface area contributed by atoms with Gasteiger partial charge in [0.25, 0.3) is 0 Å². The van der Waals surface area contributed by atoms with Gasteiger partial charge in [0.2, 0.25) is 0 Å². The molecule has 5 rings (SSSR count). The first-order chi connectivity index (χ1) is 12.8. The normalized spacial score (nSPS) is 20.4. The fraction of sp³-hybridized carbons (Fsp3) is 0.0476. The minimum Gasteiger partial charge on any atom is -0.400 e. The minimum absolute atomic E-state index is 0. The standard InChI is InChI=1S/C20H12N4.CH4O.Cu/c1-2-14-10-16-5-6-18(23-16)12-20-8-7-19(24-20)11-17-4-3-15(22-17)9-13(1)21-14;1-2;/h1-12H;2H,1H3;. The molecule has 0 unspecified atom stereocenters. The van der Waals surface area contributed by atoms with Gasteiger partial charge in [-0.2, -0.15) is 0 Å². The Morgan fingerprint density at radius 2 is 0.667 bits per heavy atom. The van der Waals surface area contributed by atoms with E-state index in [9.17, 15) is 0 Å². The number of aliphatic imine (C=N–C) groups is 4. The number of allylic oxidation sites excluding steroid dienone is 12. The third-order valence-corrected chi connectivity index (χ3v) is 3.92. The van der Waals surface area contributed by atoms with Gasteiger partial charge in [0.1, 0.15) is 0 Å². The fourth-order valence-corrected chi connectivity index (χ4v) is 2.83. The predicted octanol–water partition coefficient (Wildman–Crippen LogP) is 3.18. The number of aliphatic hydroxyl groups excluding tert-OH is 1. The Morgan fingerprint density at radius 3 is 0.889 bits per heavy atom. The van der Waals surface area contributed by atoms with E-state index >= 15 is 0 Å². The summed E-state index contributed by atoms with van der Waals surface area (Å²) in [5.41, 5.74) is 7.15. The van der Waals surface area contributed by atoms with E-state index in [1.807, 2.05) is 72.9 Å². The number of nitrogens with zero attached hydrogens (tertiary/aromatic N) is 4. The molecule has 0 saturated carbocycles. The van der Waals surface area contributed by atoms with Crippen LogP contribution in [0.1, 0.15) is 0 Å². The van der Waals surface area contributed by atoms with E-state index in [1.165, 1.54) is 0 Å². The SMILES string of the molecule is C1=CC2=NC1=CC1=NC(=CC3=NC(=CC4=NC(=C2)C=C4)C=C3)C=C1.CO.[Cu]. The zero-order valence-electron chi connectivity index (χ0n) is 14.5. The first-order valence-electron chi connectivity index (χ1n) is 8.19. The van der Waals surface area contributed by atoms with Crippen LogP contribution in [0, 0.1) is 0 Å². The van der Waals surface area contributed by atoms with Crippen molar-refractivity contribution in [3.63, 3.8) is 0 Å². The summed E-state index contributed by atoms with van der Waals surface area (Å²) >= 11 is 0. The van der Waals surface area contributed by atoms with Gasteiger partial charge in [0, 0.05) is 24.2 Å². The van der Waals surface area contributed by atoms with Crippen molar-refractivity contribution in [3.8, 4) is 0 Å². The summed E-state index contributed by atoms with van der Waals surface area (Å²) in [5.74, 6) is 0. The summed E-state index contributed by atoms with van der Waals surface area (Å²) in [6, 6.07) is 0. The van der Waals surface area contributed by atoms with Crippen LogP contribution in [-0.2, 0) is 17.1 Å². The second-order valence-corrected chi connectivity index (χ2v) is 5.76. The molecule has 0 amide bonds. The molecule has 1 N–H and O–H groups in total. The molecule has 0 aromatic rings. The van der Waals surface area contributed by atoms with Crippen molar-refractivity contribution in [2.24, 2.45) is 20.0 Å². The van der Waals surface area contributed by atoms with Crippen LogP contribution in [0.3, 0.4) is 0 Å². The Hall–Kier alpha value is -2.92. The molecule has 0 saturated heterocycles. The molecule has 0 aromatic heterocycles.